The zero-order valence-electron chi connectivity index (χ0n) is 14.1. The molecule has 1 amide bonds. The minimum Gasteiger partial charge on any atom is -0.497 e. The van der Waals surface area contributed by atoms with E-state index in [2.05, 4.69) is 0 Å². The van der Waals surface area contributed by atoms with Gasteiger partial charge in [0, 0.05) is 12.1 Å². The number of benzene rings is 2. The lowest BCUT2D eigenvalue weighted by Crippen LogP contribution is -2.44. The van der Waals surface area contributed by atoms with Crippen molar-refractivity contribution in [2.45, 2.75) is 18.9 Å². The average molecular weight is 339 g/mol. The van der Waals surface area contributed by atoms with Crippen LogP contribution in [0.3, 0.4) is 0 Å². The molecular weight excluding hydrogens is 318 g/mol. The van der Waals surface area contributed by atoms with Gasteiger partial charge in [-0.15, -0.1) is 0 Å². The molecule has 0 spiro atoms. The Balaban J connectivity index is 1.90. The summed E-state index contributed by atoms with van der Waals surface area (Å²) in [6, 6.07) is 16.6. The van der Waals surface area contributed by atoms with Crippen molar-refractivity contribution in [1.29, 1.82) is 0 Å². The van der Waals surface area contributed by atoms with Crippen molar-refractivity contribution in [3.8, 4) is 5.75 Å². The third-order valence-electron chi connectivity index (χ3n) is 4.71. The van der Waals surface area contributed by atoms with E-state index in [4.69, 9.17) is 4.74 Å². The topological polar surface area (TPSA) is 66.8 Å². The smallest absolute Gasteiger partial charge is 0.308 e. The van der Waals surface area contributed by atoms with E-state index in [1.54, 1.807) is 36.3 Å². The van der Waals surface area contributed by atoms with Crippen LogP contribution in [0.25, 0.3) is 0 Å². The molecule has 130 valence electrons. The minimum atomic E-state index is -0.848. The van der Waals surface area contributed by atoms with Gasteiger partial charge in [0.1, 0.15) is 5.75 Å². The molecule has 3 rings (SSSR count). The van der Waals surface area contributed by atoms with Crippen LogP contribution in [-0.2, 0) is 4.79 Å². The summed E-state index contributed by atoms with van der Waals surface area (Å²) in [6.07, 6.45) is 1.21. The second-order valence-electron chi connectivity index (χ2n) is 6.23. The van der Waals surface area contributed by atoms with E-state index in [1.165, 1.54) is 0 Å². The first-order valence-corrected chi connectivity index (χ1v) is 8.33. The molecule has 1 N–H and O–H groups in total. The number of aliphatic carboxylic acids is 1. The predicted octanol–water partition coefficient (Wildman–Crippen LogP) is 3.37. The lowest BCUT2D eigenvalue weighted by molar-refractivity contribution is -0.143. The molecule has 5 heteroatoms. The molecule has 2 aromatic carbocycles. The van der Waals surface area contributed by atoms with E-state index in [0.717, 1.165) is 5.56 Å². The van der Waals surface area contributed by atoms with Crippen molar-refractivity contribution >= 4 is 11.9 Å². The van der Waals surface area contributed by atoms with Crippen molar-refractivity contribution in [1.82, 2.24) is 4.90 Å². The average Bonchev–Trinajstić information content (AvgIpc) is 2.67. The molecule has 0 aliphatic carbocycles. The van der Waals surface area contributed by atoms with E-state index in [9.17, 15) is 14.7 Å². The van der Waals surface area contributed by atoms with Crippen molar-refractivity contribution in [2.24, 2.45) is 5.92 Å². The first kappa shape index (κ1) is 17.0. The molecule has 1 heterocycles. The van der Waals surface area contributed by atoms with E-state index < -0.39 is 11.9 Å². The Morgan fingerprint density at radius 3 is 2.32 bits per heavy atom. The van der Waals surface area contributed by atoms with E-state index in [0.29, 0.717) is 24.2 Å². The minimum absolute atomic E-state index is 0.105. The van der Waals surface area contributed by atoms with E-state index in [-0.39, 0.29) is 18.5 Å². The van der Waals surface area contributed by atoms with Gasteiger partial charge in [-0.25, -0.2) is 0 Å². The number of piperidine rings is 1. The Morgan fingerprint density at radius 2 is 1.72 bits per heavy atom. The maximum atomic E-state index is 13.0. The Kier molecular flexibility index (Phi) is 5.03. The van der Waals surface area contributed by atoms with Crippen molar-refractivity contribution in [2.75, 3.05) is 13.7 Å². The number of hydrogen-bond donors (Lipinski definition) is 1. The van der Waals surface area contributed by atoms with Crippen LogP contribution in [0.2, 0.25) is 0 Å². The van der Waals surface area contributed by atoms with Gasteiger partial charge in [-0.3, -0.25) is 9.59 Å². The summed E-state index contributed by atoms with van der Waals surface area (Å²) < 4.78 is 5.13. The summed E-state index contributed by atoms with van der Waals surface area (Å²) in [5.41, 5.74) is 1.57. The van der Waals surface area contributed by atoms with Crippen LogP contribution in [0.1, 0.15) is 34.8 Å². The number of likely N-dealkylation sites (tertiary alicyclic amines) is 1. The zero-order chi connectivity index (χ0) is 17.8. The van der Waals surface area contributed by atoms with Crippen molar-refractivity contribution < 1.29 is 19.4 Å². The Labute approximate surface area is 146 Å². The van der Waals surface area contributed by atoms with Crippen molar-refractivity contribution in [3.05, 3.63) is 65.7 Å². The fourth-order valence-electron chi connectivity index (χ4n) is 3.32. The number of nitrogens with zero attached hydrogens (tertiary/aromatic N) is 1. The van der Waals surface area contributed by atoms with Crippen LogP contribution < -0.4 is 4.74 Å². The molecule has 1 fully saturated rings. The van der Waals surface area contributed by atoms with Crippen LogP contribution in [-0.4, -0.2) is 35.5 Å². The molecule has 1 saturated heterocycles. The van der Waals surface area contributed by atoms with Crippen LogP contribution in [0.4, 0.5) is 0 Å². The highest BCUT2D eigenvalue weighted by Crippen LogP contribution is 2.34. The number of amides is 1. The molecule has 1 aliphatic heterocycles. The zero-order valence-corrected chi connectivity index (χ0v) is 14.1. The van der Waals surface area contributed by atoms with Crippen LogP contribution in [0, 0.1) is 5.92 Å². The van der Waals surface area contributed by atoms with Gasteiger partial charge in [0.2, 0.25) is 0 Å². The van der Waals surface area contributed by atoms with Gasteiger partial charge in [-0.1, -0.05) is 30.3 Å². The predicted molar refractivity (Wildman–Crippen MR) is 93.6 cm³/mol. The fourth-order valence-corrected chi connectivity index (χ4v) is 3.32. The van der Waals surface area contributed by atoms with E-state index in [1.807, 2.05) is 30.3 Å². The molecule has 0 saturated carbocycles. The number of carboxylic acids is 1. The van der Waals surface area contributed by atoms with Gasteiger partial charge in [-0.05, 0) is 42.7 Å². The molecule has 0 radical (unpaired) electrons. The van der Waals surface area contributed by atoms with Crippen LogP contribution >= 0.6 is 0 Å². The van der Waals surface area contributed by atoms with Gasteiger partial charge in [0.05, 0.1) is 19.1 Å². The number of hydrogen-bond acceptors (Lipinski definition) is 3. The third-order valence-corrected chi connectivity index (χ3v) is 4.71. The molecular formula is C20H21NO4. The molecule has 5 nitrogen and oxygen atoms in total. The monoisotopic (exact) mass is 339 g/mol. The lowest BCUT2D eigenvalue weighted by atomic mass is 9.88. The van der Waals surface area contributed by atoms with Gasteiger partial charge in [0.15, 0.2) is 0 Å². The second kappa shape index (κ2) is 7.38. The highest BCUT2D eigenvalue weighted by Gasteiger charge is 2.35. The maximum absolute atomic E-state index is 13.0. The Hall–Kier alpha value is -2.82. The molecule has 25 heavy (non-hydrogen) atoms. The molecule has 0 aromatic heterocycles. The normalized spacial score (nSPS) is 20.1. The molecule has 2 atom stereocenters. The maximum Gasteiger partial charge on any atom is 0.308 e. The summed E-state index contributed by atoms with van der Waals surface area (Å²) >= 11 is 0. The molecule has 0 unspecified atom stereocenters. The van der Waals surface area contributed by atoms with Gasteiger partial charge < -0.3 is 14.7 Å². The standard InChI is InChI=1S/C20H21NO4/c1-25-17-10-7-15(8-11-17)19(22)21-13-16(20(23)24)9-12-18(21)14-5-3-2-4-6-14/h2-8,10-11,16,18H,9,12-13H2,1H3,(H,23,24)/t16-,18-/m0/s1. The lowest BCUT2D eigenvalue weighted by Gasteiger charge is -2.38. The summed E-state index contributed by atoms with van der Waals surface area (Å²) in [5, 5.41) is 9.38. The highest BCUT2D eigenvalue weighted by molar-refractivity contribution is 5.95. The van der Waals surface area contributed by atoms with Gasteiger partial charge in [-0.2, -0.15) is 0 Å². The second-order valence-corrected chi connectivity index (χ2v) is 6.23. The first-order valence-electron chi connectivity index (χ1n) is 8.33. The van der Waals surface area contributed by atoms with E-state index >= 15 is 0 Å². The summed E-state index contributed by atoms with van der Waals surface area (Å²) in [6.45, 7) is 0.222. The molecule has 1 aliphatic rings. The fraction of sp³-hybridized carbons (Fsp3) is 0.300. The molecule has 0 bridgehead atoms. The summed E-state index contributed by atoms with van der Waals surface area (Å²) in [5.74, 6) is -0.845. The first-order chi connectivity index (χ1) is 12.1. The number of rotatable bonds is 4. The number of carboxylic acid groups (broad SMARTS) is 1. The summed E-state index contributed by atoms with van der Waals surface area (Å²) in [4.78, 5) is 26.2. The Bertz CT molecular complexity index is 742. The van der Waals surface area contributed by atoms with Crippen LogP contribution in [0.15, 0.2) is 54.6 Å². The number of carbonyl (C=O) groups is 2. The molecule has 2 aromatic rings. The SMILES string of the molecule is COc1ccc(C(=O)N2C[C@@H](C(=O)O)CC[C@H]2c2ccccc2)cc1. The largest absolute Gasteiger partial charge is 0.497 e. The van der Waals surface area contributed by atoms with Crippen molar-refractivity contribution in [3.63, 3.8) is 0 Å². The highest BCUT2D eigenvalue weighted by atomic mass is 16.5. The Morgan fingerprint density at radius 1 is 1.04 bits per heavy atom. The third kappa shape index (κ3) is 3.65. The number of methoxy groups -OCH3 is 1. The van der Waals surface area contributed by atoms with Gasteiger partial charge >= 0.3 is 5.97 Å². The number of carbonyl (C=O) groups excluding carboxylic acids is 1. The summed E-state index contributed by atoms with van der Waals surface area (Å²) in [7, 11) is 1.57. The van der Waals surface area contributed by atoms with Gasteiger partial charge in [0.25, 0.3) is 5.91 Å². The van der Waals surface area contributed by atoms with Crippen LogP contribution in [0.5, 0.6) is 5.75 Å². The number of ether oxygens (including phenoxy) is 1. The quantitative estimate of drug-likeness (QED) is 0.927.